The summed E-state index contributed by atoms with van der Waals surface area (Å²) in [5.41, 5.74) is 6.39. The van der Waals surface area contributed by atoms with Crippen LogP contribution in [0.1, 0.15) is 0 Å². The van der Waals surface area contributed by atoms with E-state index in [2.05, 4.69) is 25.1 Å². The molecule has 6 aromatic rings. The van der Waals surface area contributed by atoms with E-state index < -0.39 is 0 Å². The van der Waals surface area contributed by atoms with Gasteiger partial charge in [0.15, 0.2) is 0 Å². The summed E-state index contributed by atoms with van der Waals surface area (Å²) in [6.07, 6.45) is 5.06. The monoisotopic (exact) mass is 436 g/mol. The van der Waals surface area contributed by atoms with Crippen molar-refractivity contribution in [2.45, 2.75) is 0 Å². The van der Waals surface area contributed by atoms with Gasteiger partial charge in [0.2, 0.25) is 0 Å². The Labute approximate surface area is 187 Å². The maximum absolute atomic E-state index is 14.5. The molecule has 6 rings (SSSR count). The van der Waals surface area contributed by atoms with Crippen molar-refractivity contribution >= 4 is 21.9 Å². The topological polar surface area (TPSA) is 92.4 Å². The van der Waals surface area contributed by atoms with Gasteiger partial charge in [0.1, 0.15) is 22.8 Å². The molecular formula is C25H17FN6O. The van der Waals surface area contributed by atoms with E-state index >= 15 is 0 Å². The van der Waals surface area contributed by atoms with Crippen LogP contribution in [0.25, 0.3) is 55.8 Å². The highest BCUT2D eigenvalue weighted by atomic mass is 19.1. The minimum atomic E-state index is -0.316. The van der Waals surface area contributed by atoms with Crippen LogP contribution in [0, 0.1) is 5.82 Å². The first-order valence-electron chi connectivity index (χ1n) is 10.3. The summed E-state index contributed by atoms with van der Waals surface area (Å²) in [5, 5.41) is 8.34. The summed E-state index contributed by atoms with van der Waals surface area (Å²) < 4.78 is 19.7. The van der Waals surface area contributed by atoms with Crippen LogP contribution in [0.4, 0.5) is 4.39 Å². The summed E-state index contributed by atoms with van der Waals surface area (Å²) in [4.78, 5) is 16.9. The number of ether oxygens (including phenoxy) is 1. The number of hydrogen-bond acceptors (Lipinski definition) is 5. The number of aromatic amines is 2. The Kier molecular flexibility index (Phi) is 4.36. The van der Waals surface area contributed by atoms with Gasteiger partial charge in [-0.05, 0) is 42.5 Å². The molecule has 0 saturated carbocycles. The average molecular weight is 436 g/mol. The molecule has 0 saturated heterocycles. The number of H-pyrrole nitrogens is 2. The first-order valence-corrected chi connectivity index (χ1v) is 10.3. The molecule has 33 heavy (non-hydrogen) atoms. The van der Waals surface area contributed by atoms with Gasteiger partial charge in [-0.2, -0.15) is 5.10 Å². The van der Waals surface area contributed by atoms with Gasteiger partial charge >= 0.3 is 0 Å². The van der Waals surface area contributed by atoms with Crippen LogP contribution in [0.15, 0.2) is 73.2 Å². The largest absolute Gasteiger partial charge is 0.495 e. The van der Waals surface area contributed by atoms with Crippen LogP contribution in [-0.4, -0.2) is 37.2 Å². The number of halogens is 1. The molecule has 0 spiro atoms. The Morgan fingerprint density at radius 3 is 2.73 bits per heavy atom. The fourth-order valence-electron chi connectivity index (χ4n) is 3.97. The summed E-state index contributed by atoms with van der Waals surface area (Å²) in [7, 11) is 1.60. The van der Waals surface area contributed by atoms with Crippen LogP contribution >= 0.6 is 0 Å². The molecule has 0 fully saturated rings. The molecule has 0 atom stereocenters. The number of rotatable bonds is 4. The Morgan fingerprint density at radius 2 is 1.85 bits per heavy atom. The van der Waals surface area contributed by atoms with Gasteiger partial charge in [-0.3, -0.25) is 15.1 Å². The lowest BCUT2D eigenvalue weighted by atomic mass is 10.1. The number of aromatic nitrogens is 6. The zero-order valence-corrected chi connectivity index (χ0v) is 17.5. The lowest BCUT2D eigenvalue weighted by Crippen LogP contribution is -1.89. The van der Waals surface area contributed by atoms with Crippen molar-refractivity contribution in [1.82, 2.24) is 30.1 Å². The first-order chi connectivity index (χ1) is 16.2. The third-order valence-corrected chi connectivity index (χ3v) is 5.58. The van der Waals surface area contributed by atoms with Crippen molar-refractivity contribution in [1.29, 1.82) is 0 Å². The molecule has 0 amide bonds. The standard InChI is InChI=1S/C25H17FN6O/c1-33-15-10-14(12-27-13-15)19-6-7-21-24(30-19)25(32-31-21)22-11-17-20(29-22)8-9-28-23(17)16-4-2-3-5-18(16)26/h2-13,29H,1H3,(H,31,32). The summed E-state index contributed by atoms with van der Waals surface area (Å²) in [5.74, 6) is 0.342. The lowest BCUT2D eigenvalue weighted by molar-refractivity contribution is 0.413. The Bertz CT molecular complexity index is 1640. The van der Waals surface area contributed by atoms with E-state index in [0.717, 1.165) is 33.4 Å². The lowest BCUT2D eigenvalue weighted by Gasteiger charge is -2.04. The van der Waals surface area contributed by atoms with E-state index in [0.29, 0.717) is 28.2 Å². The Hall–Kier alpha value is -4.59. The predicted octanol–water partition coefficient (Wildman–Crippen LogP) is 5.38. The second-order valence-electron chi connectivity index (χ2n) is 7.56. The third-order valence-electron chi connectivity index (χ3n) is 5.58. The molecular weight excluding hydrogens is 419 g/mol. The molecule has 7 nitrogen and oxygen atoms in total. The van der Waals surface area contributed by atoms with Crippen LogP contribution in [0.3, 0.4) is 0 Å². The van der Waals surface area contributed by atoms with Crippen LogP contribution in [-0.2, 0) is 0 Å². The van der Waals surface area contributed by atoms with E-state index in [1.807, 2.05) is 30.3 Å². The van der Waals surface area contributed by atoms with Gasteiger partial charge in [-0.15, -0.1) is 0 Å². The number of fused-ring (bicyclic) bond motifs is 2. The SMILES string of the molecule is COc1cncc(-c2ccc3[nH]nc(-c4cc5c(-c6ccccc6F)nccc5[nH]4)c3n2)c1. The van der Waals surface area contributed by atoms with Crippen LogP contribution in [0.2, 0.25) is 0 Å². The zero-order valence-electron chi connectivity index (χ0n) is 17.5. The molecule has 0 bridgehead atoms. The van der Waals surface area contributed by atoms with E-state index in [1.165, 1.54) is 6.07 Å². The highest BCUT2D eigenvalue weighted by Crippen LogP contribution is 2.34. The zero-order chi connectivity index (χ0) is 22.4. The van der Waals surface area contributed by atoms with Gasteiger partial charge < -0.3 is 9.72 Å². The Morgan fingerprint density at radius 1 is 0.939 bits per heavy atom. The molecule has 8 heteroatoms. The number of methoxy groups -OCH3 is 1. The number of nitrogens with zero attached hydrogens (tertiary/aromatic N) is 4. The van der Waals surface area contributed by atoms with E-state index in [1.54, 1.807) is 43.9 Å². The molecule has 0 radical (unpaired) electrons. The van der Waals surface area contributed by atoms with Crippen molar-refractivity contribution < 1.29 is 9.13 Å². The molecule has 1 aromatic carbocycles. The third kappa shape index (κ3) is 3.20. The molecule has 160 valence electrons. The first kappa shape index (κ1) is 19.1. The number of hydrogen-bond donors (Lipinski definition) is 2. The summed E-state index contributed by atoms with van der Waals surface area (Å²) in [6.45, 7) is 0. The van der Waals surface area contributed by atoms with E-state index in [9.17, 15) is 4.39 Å². The highest BCUT2D eigenvalue weighted by Gasteiger charge is 2.17. The molecule has 5 heterocycles. The number of benzene rings is 1. The molecule has 0 aliphatic heterocycles. The minimum Gasteiger partial charge on any atom is -0.495 e. The number of pyridine rings is 3. The van der Waals surface area contributed by atoms with Crippen molar-refractivity contribution in [3.63, 3.8) is 0 Å². The Balaban J connectivity index is 1.50. The normalized spacial score (nSPS) is 11.3. The number of nitrogens with one attached hydrogen (secondary N) is 2. The van der Waals surface area contributed by atoms with Gasteiger partial charge in [0.05, 0.1) is 35.9 Å². The van der Waals surface area contributed by atoms with E-state index in [-0.39, 0.29) is 5.82 Å². The molecule has 5 aromatic heterocycles. The van der Waals surface area contributed by atoms with Gasteiger partial charge in [-0.25, -0.2) is 9.37 Å². The molecule has 0 aliphatic carbocycles. The minimum absolute atomic E-state index is 0.316. The summed E-state index contributed by atoms with van der Waals surface area (Å²) in [6, 6.07) is 16.1. The van der Waals surface area contributed by atoms with Crippen molar-refractivity contribution in [3.05, 3.63) is 79.0 Å². The fraction of sp³-hybridized carbons (Fsp3) is 0.0400. The maximum Gasteiger partial charge on any atom is 0.137 e. The van der Waals surface area contributed by atoms with Gasteiger partial charge in [0.25, 0.3) is 0 Å². The smallest absolute Gasteiger partial charge is 0.137 e. The van der Waals surface area contributed by atoms with Crippen molar-refractivity contribution in [2.24, 2.45) is 0 Å². The fourth-order valence-corrected chi connectivity index (χ4v) is 3.97. The summed E-state index contributed by atoms with van der Waals surface area (Å²) >= 11 is 0. The molecule has 0 aliphatic rings. The maximum atomic E-state index is 14.5. The van der Waals surface area contributed by atoms with Gasteiger partial charge in [-0.1, -0.05) is 12.1 Å². The van der Waals surface area contributed by atoms with Crippen LogP contribution in [0.5, 0.6) is 5.75 Å². The second kappa shape index (κ2) is 7.52. The van der Waals surface area contributed by atoms with Crippen LogP contribution < -0.4 is 4.74 Å². The van der Waals surface area contributed by atoms with Crippen molar-refractivity contribution in [3.8, 4) is 39.7 Å². The van der Waals surface area contributed by atoms with E-state index in [4.69, 9.17) is 9.72 Å². The quantitative estimate of drug-likeness (QED) is 0.387. The second-order valence-corrected chi connectivity index (χ2v) is 7.56. The highest BCUT2D eigenvalue weighted by molar-refractivity contribution is 5.99. The predicted molar refractivity (Wildman–Crippen MR) is 124 cm³/mol. The molecule has 2 N–H and O–H groups in total. The molecule has 0 unspecified atom stereocenters. The van der Waals surface area contributed by atoms with Crippen molar-refractivity contribution in [2.75, 3.05) is 7.11 Å². The average Bonchev–Trinajstić information content (AvgIpc) is 3.48. The van der Waals surface area contributed by atoms with Gasteiger partial charge in [0, 0.05) is 34.4 Å².